The van der Waals surface area contributed by atoms with E-state index >= 15 is 0 Å². The van der Waals surface area contributed by atoms with E-state index in [9.17, 15) is 4.79 Å². The van der Waals surface area contributed by atoms with Crippen LogP contribution in [0.2, 0.25) is 0 Å². The zero-order valence-corrected chi connectivity index (χ0v) is 11.8. The third kappa shape index (κ3) is 2.00. The Bertz CT molecular complexity index is 653. The molecule has 4 nitrogen and oxygen atoms in total. The van der Waals surface area contributed by atoms with E-state index in [4.69, 9.17) is 0 Å². The van der Waals surface area contributed by atoms with Gasteiger partial charge in [-0.1, -0.05) is 12.1 Å². The molecule has 1 aliphatic rings. The van der Waals surface area contributed by atoms with Crippen molar-refractivity contribution < 1.29 is 0 Å². The standard InChI is InChI=1S/C15H21N3O/c1-10(2)17-8-7-12(9-17)18-14-11(3)5-4-6-13(14)16-15(18)19/h4-6,10,12H,7-9H2,1-3H3,(H,16,19). The summed E-state index contributed by atoms with van der Waals surface area (Å²) in [5, 5.41) is 0. The Kier molecular flexibility index (Phi) is 2.97. The quantitative estimate of drug-likeness (QED) is 0.899. The summed E-state index contributed by atoms with van der Waals surface area (Å²) < 4.78 is 1.97. The fourth-order valence-corrected chi connectivity index (χ4v) is 3.15. The highest BCUT2D eigenvalue weighted by Gasteiger charge is 2.28. The van der Waals surface area contributed by atoms with Crippen LogP contribution in [0.1, 0.15) is 31.9 Å². The summed E-state index contributed by atoms with van der Waals surface area (Å²) >= 11 is 0. The normalized spacial score (nSPS) is 20.7. The molecule has 0 aliphatic carbocycles. The van der Waals surface area contributed by atoms with Crippen molar-refractivity contribution in [1.82, 2.24) is 14.5 Å². The third-order valence-electron chi connectivity index (χ3n) is 4.23. The molecule has 3 rings (SSSR count). The van der Waals surface area contributed by atoms with Gasteiger partial charge in [0.2, 0.25) is 0 Å². The maximum Gasteiger partial charge on any atom is 0.326 e. The molecule has 0 spiro atoms. The van der Waals surface area contributed by atoms with Crippen molar-refractivity contribution >= 4 is 11.0 Å². The second kappa shape index (κ2) is 4.53. The number of fused-ring (bicyclic) bond motifs is 1. The topological polar surface area (TPSA) is 41.0 Å². The molecule has 1 saturated heterocycles. The van der Waals surface area contributed by atoms with Crippen LogP contribution in [-0.2, 0) is 0 Å². The number of likely N-dealkylation sites (tertiary alicyclic amines) is 1. The number of H-pyrrole nitrogens is 1. The highest BCUT2D eigenvalue weighted by atomic mass is 16.1. The molecular formula is C15H21N3O. The first-order valence-corrected chi connectivity index (χ1v) is 7.02. The van der Waals surface area contributed by atoms with Crippen LogP contribution in [0.25, 0.3) is 11.0 Å². The van der Waals surface area contributed by atoms with Gasteiger partial charge in [-0.25, -0.2) is 4.79 Å². The SMILES string of the molecule is Cc1cccc2[nH]c(=O)n(C3CCN(C(C)C)C3)c12. The van der Waals surface area contributed by atoms with Crippen molar-refractivity contribution in [3.8, 4) is 0 Å². The smallest absolute Gasteiger partial charge is 0.306 e. The number of aromatic nitrogens is 2. The first-order valence-electron chi connectivity index (χ1n) is 7.02. The number of para-hydroxylation sites is 1. The highest BCUT2D eigenvalue weighted by Crippen LogP contribution is 2.26. The van der Waals surface area contributed by atoms with Gasteiger partial charge in [-0.15, -0.1) is 0 Å². The highest BCUT2D eigenvalue weighted by molar-refractivity contribution is 5.78. The van der Waals surface area contributed by atoms with Gasteiger partial charge in [-0.05, 0) is 38.8 Å². The molecule has 0 saturated carbocycles. The second-order valence-electron chi connectivity index (χ2n) is 5.80. The molecule has 1 aliphatic heterocycles. The lowest BCUT2D eigenvalue weighted by atomic mass is 10.2. The minimum atomic E-state index is 0.0277. The van der Waals surface area contributed by atoms with Crippen LogP contribution in [0.3, 0.4) is 0 Å². The predicted octanol–water partition coefficient (Wildman–Crippen LogP) is 2.29. The van der Waals surface area contributed by atoms with Crippen molar-refractivity contribution in [2.24, 2.45) is 0 Å². The Morgan fingerprint density at radius 1 is 1.37 bits per heavy atom. The van der Waals surface area contributed by atoms with Gasteiger partial charge >= 0.3 is 5.69 Å². The number of aryl methyl sites for hydroxylation is 1. The maximum absolute atomic E-state index is 12.2. The van der Waals surface area contributed by atoms with E-state index in [-0.39, 0.29) is 5.69 Å². The molecule has 1 N–H and O–H groups in total. The Labute approximate surface area is 113 Å². The number of nitrogens with one attached hydrogen (secondary N) is 1. The Morgan fingerprint density at radius 3 is 2.84 bits per heavy atom. The number of imidazole rings is 1. The summed E-state index contributed by atoms with van der Waals surface area (Å²) in [6.07, 6.45) is 1.05. The monoisotopic (exact) mass is 259 g/mol. The van der Waals surface area contributed by atoms with Gasteiger partial charge in [-0.3, -0.25) is 9.47 Å². The molecule has 4 heteroatoms. The fourth-order valence-electron chi connectivity index (χ4n) is 3.15. The molecule has 19 heavy (non-hydrogen) atoms. The van der Waals surface area contributed by atoms with E-state index in [1.807, 2.05) is 16.7 Å². The number of hydrogen-bond donors (Lipinski definition) is 1. The first-order chi connectivity index (χ1) is 9.08. The molecule has 1 aromatic heterocycles. The summed E-state index contributed by atoms with van der Waals surface area (Å²) in [4.78, 5) is 17.7. The summed E-state index contributed by atoms with van der Waals surface area (Å²) in [7, 11) is 0. The van der Waals surface area contributed by atoms with Gasteiger partial charge in [0, 0.05) is 19.1 Å². The van der Waals surface area contributed by atoms with Gasteiger partial charge in [0.05, 0.1) is 17.1 Å². The van der Waals surface area contributed by atoms with Crippen LogP contribution in [0.5, 0.6) is 0 Å². The Balaban J connectivity index is 2.06. The van der Waals surface area contributed by atoms with Crippen LogP contribution in [0.15, 0.2) is 23.0 Å². The zero-order chi connectivity index (χ0) is 13.6. The summed E-state index contributed by atoms with van der Waals surface area (Å²) in [5.41, 5.74) is 3.22. The molecule has 1 atom stereocenters. The maximum atomic E-state index is 12.2. The van der Waals surface area contributed by atoms with Crippen LogP contribution < -0.4 is 5.69 Å². The molecule has 2 heterocycles. The first kappa shape index (κ1) is 12.5. The zero-order valence-electron chi connectivity index (χ0n) is 11.8. The van der Waals surface area contributed by atoms with Gasteiger partial charge in [-0.2, -0.15) is 0 Å². The van der Waals surface area contributed by atoms with Gasteiger partial charge in [0.1, 0.15) is 0 Å². The largest absolute Gasteiger partial charge is 0.326 e. The fraction of sp³-hybridized carbons (Fsp3) is 0.533. The number of aromatic amines is 1. The van der Waals surface area contributed by atoms with E-state index in [1.54, 1.807) is 0 Å². The summed E-state index contributed by atoms with van der Waals surface area (Å²) in [6, 6.07) is 6.89. The minimum absolute atomic E-state index is 0.0277. The van der Waals surface area contributed by atoms with Crippen molar-refractivity contribution in [3.05, 3.63) is 34.2 Å². The van der Waals surface area contributed by atoms with E-state index in [1.165, 1.54) is 5.56 Å². The molecule has 0 radical (unpaired) electrons. The molecule has 0 bridgehead atoms. The predicted molar refractivity (Wildman–Crippen MR) is 77.7 cm³/mol. The van der Waals surface area contributed by atoms with Crippen LogP contribution in [-0.4, -0.2) is 33.6 Å². The lowest BCUT2D eigenvalue weighted by Gasteiger charge is -2.20. The minimum Gasteiger partial charge on any atom is -0.306 e. The molecule has 1 unspecified atom stereocenters. The Morgan fingerprint density at radius 2 is 2.16 bits per heavy atom. The Hall–Kier alpha value is -1.55. The van der Waals surface area contributed by atoms with E-state index in [0.717, 1.165) is 30.5 Å². The van der Waals surface area contributed by atoms with Crippen molar-refractivity contribution in [2.75, 3.05) is 13.1 Å². The second-order valence-corrected chi connectivity index (χ2v) is 5.80. The molecule has 0 amide bonds. The van der Waals surface area contributed by atoms with E-state index in [2.05, 4.69) is 36.7 Å². The molecule has 2 aromatic rings. The van der Waals surface area contributed by atoms with E-state index in [0.29, 0.717) is 12.1 Å². The van der Waals surface area contributed by atoms with Crippen molar-refractivity contribution in [1.29, 1.82) is 0 Å². The van der Waals surface area contributed by atoms with Crippen LogP contribution in [0.4, 0.5) is 0 Å². The average molecular weight is 259 g/mol. The van der Waals surface area contributed by atoms with Crippen LogP contribution in [0, 0.1) is 6.92 Å². The number of benzene rings is 1. The third-order valence-corrected chi connectivity index (χ3v) is 4.23. The van der Waals surface area contributed by atoms with Gasteiger partial charge in [0.15, 0.2) is 0 Å². The molecule has 1 fully saturated rings. The van der Waals surface area contributed by atoms with Gasteiger partial charge in [0.25, 0.3) is 0 Å². The molecule has 1 aromatic carbocycles. The number of nitrogens with zero attached hydrogens (tertiary/aromatic N) is 2. The summed E-state index contributed by atoms with van der Waals surface area (Å²) in [5.74, 6) is 0. The van der Waals surface area contributed by atoms with Gasteiger partial charge < -0.3 is 4.98 Å². The summed E-state index contributed by atoms with van der Waals surface area (Å²) in [6.45, 7) is 8.55. The lowest BCUT2D eigenvalue weighted by Crippen LogP contribution is -2.30. The van der Waals surface area contributed by atoms with Crippen molar-refractivity contribution in [3.63, 3.8) is 0 Å². The molecule has 102 valence electrons. The average Bonchev–Trinajstić information content (AvgIpc) is 2.93. The number of rotatable bonds is 2. The number of hydrogen-bond acceptors (Lipinski definition) is 2. The van der Waals surface area contributed by atoms with Crippen LogP contribution >= 0.6 is 0 Å². The lowest BCUT2D eigenvalue weighted by molar-refractivity contribution is 0.265. The van der Waals surface area contributed by atoms with Crippen molar-refractivity contribution in [2.45, 2.75) is 39.3 Å². The van der Waals surface area contributed by atoms with E-state index < -0.39 is 0 Å². The molecular weight excluding hydrogens is 238 g/mol.